The molecular formula is C19H23N3O3. The van der Waals surface area contributed by atoms with Crippen LogP contribution in [0.25, 0.3) is 0 Å². The zero-order valence-corrected chi connectivity index (χ0v) is 14.3. The molecule has 6 heteroatoms. The van der Waals surface area contributed by atoms with Crippen LogP contribution in [0.1, 0.15) is 38.2 Å². The number of allylic oxidation sites excluding steroid dienone is 2. The van der Waals surface area contributed by atoms with Gasteiger partial charge in [-0.1, -0.05) is 42.5 Å². The summed E-state index contributed by atoms with van der Waals surface area (Å²) in [6.45, 7) is 1.70. The second-order valence-corrected chi connectivity index (χ2v) is 6.85. The van der Waals surface area contributed by atoms with Gasteiger partial charge in [0.2, 0.25) is 5.91 Å². The Labute approximate surface area is 147 Å². The molecule has 3 rings (SSSR count). The van der Waals surface area contributed by atoms with Crippen LogP contribution in [0.3, 0.4) is 0 Å². The number of nitrogens with zero attached hydrogens (tertiary/aromatic N) is 1. The molecule has 0 aromatic heterocycles. The van der Waals surface area contributed by atoms with E-state index < -0.39 is 17.5 Å². The maximum absolute atomic E-state index is 12.7. The van der Waals surface area contributed by atoms with E-state index >= 15 is 0 Å². The van der Waals surface area contributed by atoms with Crippen molar-refractivity contribution < 1.29 is 14.4 Å². The van der Waals surface area contributed by atoms with E-state index in [1.54, 1.807) is 6.92 Å². The average Bonchev–Trinajstić information content (AvgIpc) is 2.85. The predicted octanol–water partition coefficient (Wildman–Crippen LogP) is 2.32. The molecule has 4 amide bonds. The monoisotopic (exact) mass is 341 g/mol. The van der Waals surface area contributed by atoms with Gasteiger partial charge in [-0.05, 0) is 44.6 Å². The third-order valence-corrected chi connectivity index (χ3v) is 4.88. The number of urea groups is 1. The van der Waals surface area contributed by atoms with E-state index in [-0.39, 0.29) is 11.8 Å². The van der Waals surface area contributed by atoms with Gasteiger partial charge in [0.25, 0.3) is 5.91 Å². The van der Waals surface area contributed by atoms with Crippen LogP contribution in [0.5, 0.6) is 0 Å². The number of imide groups is 1. The summed E-state index contributed by atoms with van der Waals surface area (Å²) in [6, 6.07) is 9.23. The fraction of sp³-hybridized carbons (Fsp3) is 0.421. The molecule has 1 aliphatic carbocycles. The summed E-state index contributed by atoms with van der Waals surface area (Å²) in [4.78, 5) is 37.2. The molecule has 1 aromatic carbocycles. The van der Waals surface area contributed by atoms with E-state index in [1.807, 2.05) is 42.5 Å². The molecule has 0 bridgehead atoms. The smallest absolute Gasteiger partial charge is 0.322 e. The average molecular weight is 341 g/mol. The highest BCUT2D eigenvalue weighted by Gasteiger charge is 2.48. The lowest BCUT2D eigenvalue weighted by molar-refractivity contribution is -0.140. The van der Waals surface area contributed by atoms with Gasteiger partial charge in [0, 0.05) is 5.92 Å². The van der Waals surface area contributed by atoms with Crippen LogP contribution in [0.15, 0.2) is 42.5 Å². The highest BCUT2D eigenvalue weighted by molar-refractivity contribution is 6.07. The Balaban J connectivity index is 1.62. The molecule has 1 aliphatic heterocycles. The van der Waals surface area contributed by atoms with Gasteiger partial charge in [0.05, 0.1) is 0 Å². The summed E-state index contributed by atoms with van der Waals surface area (Å²) >= 11 is 0. The van der Waals surface area contributed by atoms with Crippen molar-refractivity contribution in [2.45, 2.75) is 44.6 Å². The molecule has 0 saturated carbocycles. The van der Waals surface area contributed by atoms with Crippen LogP contribution >= 0.6 is 0 Å². The van der Waals surface area contributed by atoms with Crippen molar-refractivity contribution in [2.24, 2.45) is 5.92 Å². The first-order valence-corrected chi connectivity index (χ1v) is 8.66. The molecule has 2 atom stereocenters. The number of carbonyl (C=O) groups excluding carboxylic acids is 3. The Kier molecular flexibility index (Phi) is 4.88. The SMILES string of the molecule is CC1(CCc2ccccc2)NC(=O)N(NC(=O)C2CC=CCC2)C1=O. The first-order chi connectivity index (χ1) is 12.0. The molecule has 2 unspecified atom stereocenters. The van der Waals surface area contributed by atoms with Gasteiger partial charge < -0.3 is 5.32 Å². The van der Waals surface area contributed by atoms with E-state index in [0.29, 0.717) is 19.3 Å². The van der Waals surface area contributed by atoms with E-state index in [0.717, 1.165) is 23.4 Å². The summed E-state index contributed by atoms with van der Waals surface area (Å²) < 4.78 is 0. The van der Waals surface area contributed by atoms with Crippen LogP contribution in [0, 0.1) is 5.92 Å². The lowest BCUT2D eigenvalue weighted by atomic mass is 9.93. The first-order valence-electron chi connectivity index (χ1n) is 8.66. The number of hydrogen-bond acceptors (Lipinski definition) is 3. The van der Waals surface area contributed by atoms with Crippen molar-refractivity contribution in [3.8, 4) is 0 Å². The Morgan fingerprint density at radius 1 is 1.28 bits per heavy atom. The van der Waals surface area contributed by atoms with Gasteiger partial charge in [-0.15, -0.1) is 0 Å². The van der Waals surface area contributed by atoms with E-state index in [4.69, 9.17) is 0 Å². The fourth-order valence-corrected chi connectivity index (χ4v) is 3.23. The number of aryl methyl sites for hydroxylation is 1. The quantitative estimate of drug-likeness (QED) is 0.637. The number of amides is 4. The van der Waals surface area contributed by atoms with Crippen molar-refractivity contribution in [1.29, 1.82) is 0 Å². The minimum absolute atomic E-state index is 0.193. The molecular weight excluding hydrogens is 318 g/mol. The van der Waals surface area contributed by atoms with Crippen LogP contribution in [-0.2, 0) is 16.0 Å². The third-order valence-electron chi connectivity index (χ3n) is 4.88. The Morgan fingerprint density at radius 2 is 2.04 bits per heavy atom. The molecule has 2 aliphatic rings. The minimum Gasteiger partial charge on any atom is -0.322 e. The molecule has 1 heterocycles. The van der Waals surface area contributed by atoms with Gasteiger partial charge in [-0.2, -0.15) is 5.01 Å². The lowest BCUT2D eigenvalue weighted by Gasteiger charge is -2.23. The largest absolute Gasteiger partial charge is 0.344 e. The highest BCUT2D eigenvalue weighted by Crippen LogP contribution is 2.23. The van der Waals surface area contributed by atoms with Gasteiger partial charge in [-0.25, -0.2) is 4.79 Å². The standard InChI is InChI=1S/C19H23N3O3/c1-19(13-12-14-8-4-2-5-9-14)17(24)22(18(25)20-19)21-16(23)15-10-6-3-7-11-15/h2-6,8-9,15H,7,10-13H2,1H3,(H,20,25)(H,21,23). The topological polar surface area (TPSA) is 78.5 Å². The second-order valence-electron chi connectivity index (χ2n) is 6.85. The summed E-state index contributed by atoms with van der Waals surface area (Å²) in [5, 5.41) is 3.56. The number of hydrogen-bond donors (Lipinski definition) is 2. The van der Waals surface area contributed by atoms with Crippen molar-refractivity contribution in [3.05, 3.63) is 48.0 Å². The van der Waals surface area contributed by atoms with Crippen molar-refractivity contribution in [3.63, 3.8) is 0 Å². The van der Waals surface area contributed by atoms with Gasteiger partial charge in [0.15, 0.2) is 0 Å². The molecule has 0 spiro atoms. The number of hydrazine groups is 1. The summed E-state index contributed by atoms with van der Waals surface area (Å²) in [7, 11) is 0. The van der Waals surface area contributed by atoms with Crippen molar-refractivity contribution in [1.82, 2.24) is 15.8 Å². The van der Waals surface area contributed by atoms with Crippen LogP contribution in [0.2, 0.25) is 0 Å². The molecule has 132 valence electrons. The first kappa shape index (κ1) is 17.2. The zero-order chi connectivity index (χ0) is 17.9. The molecule has 2 N–H and O–H groups in total. The van der Waals surface area contributed by atoms with E-state index in [2.05, 4.69) is 10.7 Å². The molecule has 1 fully saturated rings. The number of rotatable bonds is 5. The molecule has 25 heavy (non-hydrogen) atoms. The predicted molar refractivity (Wildman–Crippen MR) is 93.2 cm³/mol. The Bertz CT molecular complexity index is 701. The maximum Gasteiger partial charge on any atom is 0.344 e. The molecule has 1 aromatic rings. The molecule has 6 nitrogen and oxygen atoms in total. The molecule has 0 radical (unpaired) electrons. The fourth-order valence-electron chi connectivity index (χ4n) is 3.23. The van der Waals surface area contributed by atoms with Gasteiger partial charge in [-0.3, -0.25) is 15.0 Å². The lowest BCUT2D eigenvalue weighted by Crippen LogP contribution is -2.50. The third kappa shape index (κ3) is 3.73. The maximum atomic E-state index is 12.7. The number of nitrogens with one attached hydrogen (secondary N) is 2. The van der Waals surface area contributed by atoms with Crippen LogP contribution in [-0.4, -0.2) is 28.4 Å². The summed E-state index contributed by atoms with van der Waals surface area (Å²) in [6.07, 6.45) is 7.35. The van der Waals surface area contributed by atoms with E-state index in [1.165, 1.54) is 0 Å². The molecule has 1 saturated heterocycles. The Hall–Kier alpha value is -2.63. The van der Waals surface area contributed by atoms with Gasteiger partial charge in [0.1, 0.15) is 5.54 Å². The van der Waals surface area contributed by atoms with Crippen LogP contribution < -0.4 is 10.7 Å². The Morgan fingerprint density at radius 3 is 2.72 bits per heavy atom. The minimum atomic E-state index is -1.01. The van der Waals surface area contributed by atoms with Crippen molar-refractivity contribution >= 4 is 17.8 Å². The van der Waals surface area contributed by atoms with Gasteiger partial charge >= 0.3 is 6.03 Å². The number of carbonyl (C=O) groups is 3. The second kappa shape index (κ2) is 7.09. The summed E-state index contributed by atoms with van der Waals surface area (Å²) in [5.74, 6) is -0.880. The normalized spacial score (nSPS) is 25.8. The highest BCUT2D eigenvalue weighted by atomic mass is 16.2. The van der Waals surface area contributed by atoms with Crippen molar-refractivity contribution in [2.75, 3.05) is 0 Å². The summed E-state index contributed by atoms with van der Waals surface area (Å²) in [5.41, 5.74) is 2.59. The zero-order valence-electron chi connectivity index (χ0n) is 14.3. The van der Waals surface area contributed by atoms with E-state index in [9.17, 15) is 14.4 Å². The van der Waals surface area contributed by atoms with Crippen LogP contribution in [0.4, 0.5) is 4.79 Å². The number of benzene rings is 1.